The second-order valence-corrected chi connectivity index (χ2v) is 10.3. The molecule has 1 fully saturated rings. The molecule has 150 valence electrons. The van der Waals surface area contributed by atoms with Crippen LogP contribution in [0.5, 0.6) is 0 Å². The Morgan fingerprint density at radius 2 is 1.69 bits per heavy atom. The summed E-state index contributed by atoms with van der Waals surface area (Å²) < 4.78 is 0. The fourth-order valence-electron chi connectivity index (χ4n) is 4.22. The van der Waals surface area contributed by atoms with Crippen LogP contribution in [0.2, 0.25) is 0 Å². The van der Waals surface area contributed by atoms with Crippen LogP contribution in [-0.4, -0.2) is 16.1 Å². The van der Waals surface area contributed by atoms with Crippen LogP contribution < -0.4 is 5.32 Å². The first-order chi connectivity index (χ1) is 13.6. The van der Waals surface area contributed by atoms with E-state index in [1.165, 1.54) is 29.5 Å². The maximum atomic E-state index is 11.7. The van der Waals surface area contributed by atoms with Crippen molar-refractivity contribution in [1.82, 2.24) is 10.3 Å². The number of carbonyl (C=O) groups excluding carboxylic acids is 2. The maximum absolute atomic E-state index is 11.7. The Hall–Kier alpha value is -2.40. The number of aryl methyl sites for hydroxylation is 1. The van der Waals surface area contributed by atoms with Crippen molar-refractivity contribution in [2.75, 3.05) is 0 Å². The summed E-state index contributed by atoms with van der Waals surface area (Å²) in [5, 5.41) is 1.94. The molecule has 0 atom stereocenters. The number of amides is 2. The van der Waals surface area contributed by atoms with Crippen LogP contribution in [0.3, 0.4) is 0 Å². The molecular formula is C24H26N2O2S. The third kappa shape index (κ3) is 3.64. The molecule has 2 heterocycles. The van der Waals surface area contributed by atoms with Crippen LogP contribution in [0, 0.1) is 6.92 Å². The van der Waals surface area contributed by atoms with Crippen LogP contribution in [0.1, 0.15) is 62.8 Å². The normalized spacial score (nSPS) is 21.2. The smallest absolute Gasteiger partial charge is 0.282 e. The van der Waals surface area contributed by atoms with Crippen molar-refractivity contribution in [3.8, 4) is 11.3 Å². The molecule has 5 heteroatoms. The first kappa shape index (κ1) is 19.9. The third-order valence-corrected chi connectivity index (χ3v) is 7.01. The van der Waals surface area contributed by atoms with E-state index in [0.29, 0.717) is 4.91 Å². The van der Waals surface area contributed by atoms with Crippen LogP contribution in [0.25, 0.3) is 17.3 Å². The number of aromatic nitrogens is 1. The van der Waals surface area contributed by atoms with E-state index in [0.717, 1.165) is 28.6 Å². The van der Waals surface area contributed by atoms with Crippen molar-refractivity contribution in [3.63, 3.8) is 0 Å². The molecule has 1 aliphatic heterocycles. The first-order valence-electron chi connectivity index (χ1n) is 9.94. The van der Waals surface area contributed by atoms with Crippen molar-refractivity contribution in [2.45, 2.75) is 58.3 Å². The molecule has 1 aliphatic carbocycles. The van der Waals surface area contributed by atoms with Crippen LogP contribution in [0.15, 0.2) is 35.4 Å². The summed E-state index contributed by atoms with van der Waals surface area (Å²) in [4.78, 5) is 28.1. The molecule has 29 heavy (non-hydrogen) atoms. The minimum Gasteiger partial charge on any atom is -0.282 e. The highest BCUT2D eigenvalue weighted by molar-refractivity contribution is 8.18. The number of rotatable bonds is 2. The molecule has 0 radical (unpaired) electrons. The summed E-state index contributed by atoms with van der Waals surface area (Å²) in [6, 6.07) is 8.60. The molecule has 1 aromatic carbocycles. The molecule has 4 nitrogen and oxygen atoms in total. The number of hydrogen-bond acceptors (Lipinski definition) is 4. The van der Waals surface area contributed by atoms with E-state index >= 15 is 0 Å². The lowest BCUT2D eigenvalue weighted by molar-refractivity contribution is -0.115. The van der Waals surface area contributed by atoms with Gasteiger partial charge in [-0.05, 0) is 82.8 Å². The highest BCUT2D eigenvalue weighted by Gasteiger charge is 2.37. The number of imide groups is 1. The van der Waals surface area contributed by atoms with Crippen molar-refractivity contribution < 1.29 is 9.59 Å². The number of fused-ring (bicyclic) bond motifs is 1. The van der Waals surface area contributed by atoms with Gasteiger partial charge in [0.1, 0.15) is 0 Å². The Labute approximate surface area is 176 Å². The SMILES string of the molecule is Cc1cc2c(cc1-c1ccc(/C=C3\SC(=O)NC3=O)cn1)C(C)(C)CCC2(C)C. The number of pyridine rings is 1. The van der Waals surface area contributed by atoms with Gasteiger partial charge in [0.15, 0.2) is 0 Å². The average Bonchev–Trinajstić information content (AvgIpc) is 2.97. The van der Waals surface area contributed by atoms with E-state index in [-0.39, 0.29) is 22.0 Å². The fraction of sp³-hybridized carbons (Fsp3) is 0.375. The molecule has 0 spiro atoms. The lowest BCUT2D eigenvalue weighted by Gasteiger charge is -2.42. The molecule has 2 amide bonds. The lowest BCUT2D eigenvalue weighted by Crippen LogP contribution is -2.34. The van der Waals surface area contributed by atoms with Gasteiger partial charge < -0.3 is 0 Å². The number of carbonyl (C=O) groups is 2. The van der Waals surface area contributed by atoms with Gasteiger partial charge in [-0.25, -0.2) is 0 Å². The van der Waals surface area contributed by atoms with Gasteiger partial charge in [-0.15, -0.1) is 0 Å². The summed E-state index contributed by atoms with van der Waals surface area (Å²) in [6.45, 7) is 11.5. The molecule has 0 unspecified atom stereocenters. The second-order valence-electron chi connectivity index (χ2n) is 9.31. The molecule has 0 bridgehead atoms. The zero-order chi connectivity index (χ0) is 21.0. The van der Waals surface area contributed by atoms with E-state index < -0.39 is 0 Å². The molecular weight excluding hydrogens is 380 g/mol. The van der Waals surface area contributed by atoms with Crippen LogP contribution in [-0.2, 0) is 15.6 Å². The van der Waals surface area contributed by atoms with Crippen molar-refractivity contribution in [3.05, 3.63) is 57.6 Å². The standard InChI is InChI=1S/C24H26N2O2S/c1-14-10-17-18(24(4,5)9-8-23(17,2)3)12-16(14)19-7-6-15(13-25-19)11-20-21(27)26-22(28)29-20/h6-7,10-13H,8-9H2,1-5H3,(H,26,27,28)/b20-11-. The van der Waals surface area contributed by atoms with Crippen molar-refractivity contribution in [2.24, 2.45) is 0 Å². The van der Waals surface area contributed by atoms with Gasteiger partial charge in [-0.3, -0.25) is 19.9 Å². The summed E-state index contributed by atoms with van der Waals surface area (Å²) >= 11 is 0.920. The van der Waals surface area contributed by atoms with Gasteiger partial charge in [-0.1, -0.05) is 39.8 Å². The zero-order valence-electron chi connectivity index (χ0n) is 17.6. The highest BCUT2D eigenvalue weighted by atomic mass is 32.2. The minimum absolute atomic E-state index is 0.150. The summed E-state index contributed by atoms with van der Waals surface area (Å²) in [7, 11) is 0. The first-order valence-corrected chi connectivity index (χ1v) is 10.8. The number of benzene rings is 1. The predicted molar refractivity (Wildman–Crippen MR) is 119 cm³/mol. The number of thioether (sulfide) groups is 1. The second kappa shape index (κ2) is 6.84. The summed E-state index contributed by atoms with van der Waals surface area (Å²) in [5.74, 6) is -0.348. The number of nitrogens with zero attached hydrogens (tertiary/aromatic N) is 1. The van der Waals surface area contributed by atoms with Crippen molar-refractivity contribution in [1.29, 1.82) is 0 Å². The Morgan fingerprint density at radius 1 is 1.03 bits per heavy atom. The van der Waals surface area contributed by atoms with Gasteiger partial charge >= 0.3 is 0 Å². The topological polar surface area (TPSA) is 59.1 Å². The van der Waals surface area contributed by atoms with Gasteiger partial charge in [-0.2, -0.15) is 0 Å². The summed E-state index contributed by atoms with van der Waals surface area (Å²) in [5.41, 5.74) is 7.31. The monoisotopic (exact) mass is 406 g/mol. The Balaban J connectivity index is 1.72. The largest absolute Gasteiger partial charge is 0.290 e. The van der Waals surface area contributed by atoms with E-state index in [4.69, 9.17) is 0 Å². The van der Waals surface area contributed by atoms with E-state index in [1.54, 1.807) is 12.3 Å². The Morgan fingerprint density at radius 3 is 2.24 bits per heavy atom. The van der Waals surface area contributed by atoms with Gasteiger partial charge in [0, 0.05) is 11.8 Å². The highest BCUT2D eigenvalue weighted by Crippen LogP contribution is 2.47. The number of hydrogen-bond donors (Lipinski definition) is 1. The van der Waals surface area contributed by atoms with Crippen molar-refractivity contribution >= 4 is 29.0 Å². The zero-order valence-corrected chi connectivity index (χ0v) is 18.4. The van der Waals surface area contributed by atoms with Crippen LogP contribution in [0.4, 0.5) is 4.79 Å². The molecule has 0 saturated carbocycles. The van der Waals surface area contributed by atoms with Gasteiger partial charge in [0.2, 0.25) is 0 Å². The van der Waals surface area contributed by atoms with E-state index in [2.05, 4.69) is 57.1 Å². The quantitative estimate of drug-likeness (QED) is 0.647. The molecule has 4 rings (SSSR count). The number of nitrogens with one attached hydrogen (secondary N) is 1. The lowest BCUT2D eigenvalue weighted by atomic mass is 9.62. The predicted octanol–water partition coefficient (Wildman–Crippen LogP) is 5.73. The fourth-order valence-corrected chi connectivity index (χ4v) is 4.90. The van der Waals surface area contributed by atoms with Gasteiger partial charge in [0.25, 0.3) is 11.1 Å². The molecule has 2 aliphatic rings. The Kier molecular flexibility index (Phi) is 4.69. The minimum atomic E-state index is -0.348. The van der Waals surface area contributed by atoms with Gasteiger partial charge in [0.05, 0.1) is 10.6 Å². The third-order valence-electron chi connectivity index (χ3n) is 6.20. The molecule has 1 aromatic heterocycles. The molecule has 2 aromatic rings. The maximum Gasteiger partial charge on any atom is 0.290 e. The molecule has 1 N–H and O–H groups in total. The average molecular weight is 407 g/mol. The van der Waals surface area contributed by atoms with Crippen LogP contribution >= 0.6 is 11.8 Å². The summed E-state index contributed by atoms with van der Waals surface area (Å²) in [6.07, 6.45) is 5.83. The molecule has 1 saturated heterocycles. The Bertz CT molecular complexity index is 1050. The van der Waals surface area contributed by atoms with E-state index in [9.17, 15) is 9.59 Å². The van der Waals surface area contributed by atoms with E-state index in [1.807, 2.05) is 12.1 Å².